The molecule has 0 saturated carbocycles. The van der Waals surface area contributed by atoms with Crippen molar-refractivity contribution in [3.05, 3.63) is 64.4 Å². The summed E-state index contributed by atoms with van der Waals surface area (Å²) < 4.78 is 5.17. The molecule has 0 radical (unpaired) electrons. The van der Waals surface area contributed by atoms with E-state index in [1.807, 2.05) is 19.1 Å². The van der Waals surface area contributed by atoms with E-state index in [1.54, 1.807) is 30.5 Å². The SMILES string of the molecule is Cc1ccc(C(=O)OCc2ccc(Cl)nc2)cc1. The predicted molar refractivity (Wildman–Crippen MR) is 69.5 cm³/mol. The Morgan fingerprint density at radius 3 is 2.56 bits per heavy atom. The second-order valence-corrected chi connectivity index (χ2v) is 4.32. The fourth-order valence-electron chi connectivity index (χ4n) is 1.41. The number of halogens is 1. The van der Waals surface area contributed by atoms with Gasteiger partial charge in [0.05, 0.1) is 5.56 Å². The zero-order valence-corrected chi connectivity index (χ0v) is 10.6. The number of carbonyl (C=O) groups is 1. The van der Waals surface area contributed by atoms with Crippen LogP contribution in [0.4, 0.5) is 0 Å². The molecule has 0 atom stereocenters. The lowest BCUT2D eigenvalue weighted by Crippen LogP contribution is -2.05. The fourth-order valence-corrected chi connectivity index (χ4v) is 1.53. The number of aromatic nitrogens is 1. The van der Waals surface area contributed by atoms with Gasteiger partial charge >= 0.3 is 5.97 Å². The quantitative estimate of drug-likeness (QED) is 0.628. The summed E-state index contributed by atoms with van der Waals surface area (Å²) in [5.41, 5.74) is 2.45. The molecule has 0 spiro atoms. The Bertz CT molecular complexity index is 535. The summed E-state index contributed by atoms with van der Waals surface area (Å²) in [6.45, 7) is 2.16. The number of nitrogens with zero attached hydrogens (tertiary/aromatic N) is 1. The largest absolute Gasteiger partial charge is 0.457 e. The van der Waals surface area contributed by atoms with Gasteiger partial charge in [-0.05, 0) is 25.1 Å². The van der Waals surface area contributed by atoms with Crippen molar-refractivity contribution in [3.8, 4) is 0 Å². The summed E-state index contributed by atoms with van der Waals surface area (Å²) in [5, 5.41) is 0.420. The van der Waals surface area contributed by atoms with Crippen molar-refractivity contribution in [2.24, 2.45) is 0 Å². The van der Waals surface area contributed by atoms with Gasteiger partial charge in [0.15, 0.2) is 0 Å². The second kappa shape index (κ2) is 5.65. The lowest BCUT2D eigenvalue weighted by molar-refractivity contribution is 0.0472. The van der Waals surface area contributed by atoms with Gasteiger partial charge in [-0.2, -0.15) is 0 Å². The highest BCUT2D eigenvalue weighted by atomic mass is 35.5. The van der Waals surface area contributed by atoms with Crippen LogP contribution >= 0.6 is 11.6 Å². The minimum Gasteiger partial charge on any atom is -0.457 e. The van der Waals surface area contributed by atoms with Gasteiger partial charge in [-0.1, -0.05) is 35.4 Å². The number of esters is 1. The third-order valence-corrected chi connectivity index (χ3v) is 2.67. The normalized spacial score (nSPS) is 10.1. The van der Waals surface area contributed by atoms with E-state index in [4.69, 9.17) is 16.3 Å². The number of pyridine rings is 1. The highest BCUT2D eigenvalue weighted by molar-refractivity contribution is 6.29. The van der Waals surface area contributed by atoms with Crippen LogP contribution in [0.2, 0.25) is 5.15 Å². The molecule has 0 unspecified atom stereocenters. The van der Waals surface area contributed by atoms with Crippen LogP contribution in [-0.2, 0) is 11.3 Å². The first-order chi connectivity index (χ1) is 8.65. The average Bonchev–Trinajstić information content (AvgIpc) is 2.38. The van der Waals surface area contributed by atoms with Crippen LogP contribution in [0.1, 0.15) is 21.5 Å². The number of rotatable bonds is 3. The van der Waals surface area contributed by atoms with Gasteiger partial charge < -0.3 is 4.74 Å². The number of aryl methyl sites for hydroxylation is 1. The number of hydrogen-bond acceptors (Lipinski definition) is 3. The molecule has 1 aromatic carbocycles. The lowest BCUT2D eigenvalue weighted by atomic mass is 10.1. The topological polar surface area (TPSA) is 39.2 Å². The third-order valence-electron chi connectivity index (χ3n) is 2.45. The van der Waals surface area contributed by atoms with Gasteiger partial charge in [0.1, 0.15) is 11.8 Å². The van der Waals surface area contributed by atoms with Crippen molar-refractivity contribution >= 4 is 17.6 Å². The molecule has 18 heavy (non-hydrogen) atoms. The van der Waals surface area contributed by atoms with E-state index in [9.17, 15) is 4.79 Å². The summed E-state index contributed by atoms with van der Waals surface area (Å²) in [6.07, 6.45) is 1.59. The maximum absolute atomic E-state index is 11.7. The van der Waals surface area contributed by atoms with Gasteiger partial charge in [-0.3, -0.25) is 0 Å². The molecular weight excluding hydrogens is 250 g/mol. The molecule has 3 nitrogen and oxygen atoms in total. The Balaban J connectivity index is 1.96. The highest BCUT2D eigenvalue weighted by Crippen LogP contribution is 2.09. The Labute approximate surface area is 110 Å². The molecule has 0 aliphatic heterocycles. The van der Waals surface area contributed by atoms with Crippen LogP contribution in [-0.4, -0.2) is 11.0 Å². The molecule has 1 aromatic heterocycles. The molecule has 0 aliphatic carbocycles. The molecule has 0 saturated heterocycles. The van der Waals surface area contributed by atoms with Crippen molar-refractivity contribution in [3.63, 3.8) is 0 Å². The van der Waals surface area contributed by atoms with E-state index in [-0.39, 0.29) is 12.6 Å². The van der Waals surface area contributed by atoms with E-state index < -0.39 is 0 Å². The zero-order chi connectivity index (χ0) is 13.0. The van der Waals surface area contributed by atoms with Crippen LogP contribution in [0, 0.1) is 6.92 Å². The van der Waals surface area contributed by atoms with Crippen molar-refractivity contribution in [1.82, 2.24) is 4.98 Å². The van der Waals surface area contributed by atoms with E-state index in [1.165, 1.54) is 0 Å². The Kier molecular flexibility index (Phi) is 3.95. The van der Waals surface area contributed by atoms with Crippen LogP contribution in [0.25, 0.3) is 0 Å². The Hall–Kier alpha value is -1.87. The van der Waals surface area contributed by atoms with Gasteiger partial charge in [0.25, 0.3) is 0 Å². The average molecular weight is 262 g/mol. The van der Waals surface area contributed by atoms with Gasteiger partial charge in [-0.15, -0.1) is 0 Å². The molecule has 92 valence electrons. The molecule has 0 aliphatic rings. The Morgan fingerprint density at radius 1 is 1.22 bits per heavy atom. The van der Waals surface area contributed by atoms with Gasteiger partial charge in [0, 0.05) is 11.8 Å². The zero-order valence-electron chi connectivity index (χ0n) is 9.89. The van der Waals surface area contributed by atoms with Crippen molar-refractivity contribution in [2.75, 3.05) is 0 Å². The summed E-state index contributed by atoms with van der Waals surface area (Å²) in [7, 11) is 0. The van der Waals surface area contributed by atoms with E-state index in [0.29, 0.717) is 10.7 Å². The molecule has 2 rings (SSSR count). The van der Waals surface area contributed by atoms with Gasteiger partial charge in [-0.25, -0.2) is 9.78 Å². The van der Waals surface area contributed by atoms with Crippen LogP contribution in [0.3, 0.4) is 0 Å². The molecule has 0 amide bonds. The first-order valence-electron chi connectivity index (χ1n) is 5.49. The molecule has 4 heteroatoms. The van der Waals surface area contributed by atoms with E-state index in [2.05, 4.69) is 4.98 Å². The summed E-state index contributed by atoms with van der Waals surface area (Å²) in [6, 6.07) is 10.7. The number of benzene rings is 1. The molecular formula is C14H12ClNO2. The van der Waals surface area contributed by atoms with Crippen molar-refractivity contribution in [2.45, 2.75) is 13.5 Å². The van der Waals surface area contributed by atoms with Crippen LogP contribution in [0.15, 0.2) is 42.6 Å². The first-order valence-corrected chi connectivity index (χ1v) is 5.87. The van der Waals surface area contributed by atoms with Crippen molar-refractivity contribution in [1.29, 1.82) is 0 Å². The maximum atomic E-state index is 11.7. The predicted octanol–water partition coefficient (Wildman–Crippen LogP) is 3.40. The standard InChI is InChI=1S/C14H12ClNO2/c1-10-2-5-12(6-3-10)14(17)18-9-11-4-7-13(15)16-8-11/h2-8H,9H2,1H3. The monoisotopic (exact) mass is 261 g/mol. The van der Waals surface area contributed by atoms with Crippen LogP contribution < -0.4 is 0 Å². The molecule has 2 aromatic rings. The molecule has 0 N–H and O–H groups in total. The van der Waals surface area contributed by atoms with E-state index in [0.717, 1.165) is 11.1 Å². The third kappa shape index (κ3) is 3.31. The van der Waals surface area contributed by atoms with E-state index >= 15 is 0 Å². The molecule has 0 fully saturated rings. The summed E-state index contributed by atoms with van der Waals surface area (Å²) in [5.74, 6) is -0.343. The van der Waals surface area contributed by atoms with Crippen molar-refractivity contribution < 1.29 is 9.53 Å². The first kappa shape index (κ1) is 12.6. The number of ether oxygens (including phenoxy) is 1. The summed E-state index contributed by atoms with van der Waals surface area (Å²) in [4.78, 5) is 15.6. The minimum atomic E-state index is -0.343. The number of hydrogen-bond donors (Lipinski definition) is 0. The second-order valence-electron chi connectivity index (χ2n) is 3.93. The summed E-state index contributed by atoms with van der Waals surface area (Å²) >= 11 is 5.67. The van der Waals surface area contributed by atoms with Gasteiger partial charge in [0.2, 0.25) is 0 Å². The lowest BCUT2D eigenvalue weighted by Gasteiger charge is -2.05. The smallest absolute Gasteiger partial charge is 0.338 e. The minimum absolute atomic E-state index is 0.191. The van der Waals surface area contributed by atoms with Crippen LogP contribution in [0.5, 0.6) is 0 Å². The Morgan fingerprint density at radius 2 is 1.94 bits per heavy atom. The highest BCUT2D eigenvalue weighted by Gasteiger charge is 2.06. The molecule has 0 bridgehead atoms. The fraction of sp³-hybridized carbons (Fsp3) is 0.143. The molecule has 1 heterocycles. The number of carbonyl (C=O) groups excluding carboxylic acids is 1. The maximum Gasteiger partial charge on any atom is 0.338 e.